The molecule has 0 saturated carbocycles. The van der Waals surface area contributed by atoms with Crippen molar-refractivity contribution in [2.45, 2.75) is 53.8 Å². The van der Waals surface area contributed by atoms with Gasteiger partial charge in [-0.15, -0.1) is 0 Å². The smallest absolute Gasteiger partial charge is 0.0662 e. The van der Waals surface area contributed by atoms with Gasteiger partial charge in [-0.2, -0.15) is 0 Å². The van der Waals surface area contributed by atoms with Gasteiger partial charge in [0.2, 0.25) is 0 Å². The first kappa shape index (κ1) is 21.2. The van der Waals surface area contributed by atoms with E-state index in [0.29, 0.717) is 12.2 Å². The summed E-state index contributed by atoms with van der Waals surface area (Å²) in [5.41, 5.74) is 0. The van der Waals surface area contributed by atoms with Gasteiger partial charge in [-0.1, -0.05) is 0 Å². The number of aliphatic hydroxyl groups excluding tert-OH is 2. The Morgan fingerprint density at radius 3 is 1.12 bits per heavy atom. The van der Waals surface area contributed by atoms with Gasteiger partial charge in [0.05, 0.1) is 25.4 Å². The van der Waals surface area contributed by atoms with Crippen LogP contribution in [0.15, 0.2) is 0 Å². The summed E-state index contributed by atoms with van der Waals surface area (Å²) in [6.07, 6.45) is 0.750. The first-order chi connectivity index (χ1) is 7.45. The fourth-order valence-corrected chi connectivity index (χ4v) is 0.748. The third-order valence-electron chi connectivity index (χ3n) is 1.05. The molecule has 0 amide bonds. The molecule has 0 radical (unpaired) electrons. The maximum atomic E-state index is 7.62. The van der Waals surface area contributed by atoms with Crippen molar-refractivity contribution in [2.75, 3.05) is 26.4 Å². The van der Waals surface area contributed by atoms with E-state index in [1.54, 1.807) is 0 Å². The highest BCUT2D eigenvalue weighted by atomic mass is 16.5. The first-order valence-corrected chi connectivity index (χ1v) is 5.90. The second kappa shape index (κ2) is 20.3. The Bertz CT molecular complexity index is 85.0. The number of hydrogen-bond donors (Lipinski definition) is 2. The average Bonchev–Trinajstić information content (AvgIpc) is 2.18. The van der Waals surface area contributed by atoms with Crippen LogP contribution in [0.2, 0.25) is 0 Å². The quantitative estimate of drug-likeness (QED) is 0.767. The summed E-state index contributed by atoms with van der Waals surface area (Å²) in [5.74, 6) is 0. The van der Waals surface area contributed by atoms with Crippen molar-refractivity contribution in [3.05, 3.63) is 0 Å². The van der Waals surface area contributed by atoms with Gasteiger partial charge in [-0.25, -0.2) is 0 Å². The first-order valence-electron chi connectivity index (χ1n) is 5.90. The number of ether oxygens (including phenoxy) is 2. The van der Waals surface area contributed by atoms with E-state index in [9.17, 15) is 0 Å². The van der Waals surface area contributed by atoms with E-state index in [-0.39, 0.29) is 13.2 Å². The molecule has 0 aliphatic rings. The van der Waals surface area contributed by atoms with E-state index < -0.39 is 0 Å². The van der Waals surface area contributed by atoms with Crippen LogP contribution in [0.4, 0.5) is 0 Å². The molecule has 0 aliphatic carbocycles. The van der Waals surface area contributed by atoms with Crippen LogP contribution < -0.4 is 0 Å². The molecule has 0 unspecified atom stereocenters. The minimum Gasteiger partial charge on any atom is -0.394 e. The van der Waals surface area contributed by atoms with Crippen molar-refractivity contribution in [3.63, 3.8) is 0 Å². The maximum Gasteiger partial charge on any atom is 0.0662 e. The summed E-state index contributed by atoms with van der Waals surface area (Å²) < 4.78 is 10.1. The van der Waals surface area contributed by atoms with E-state index in [2.05, 4.69) is 0 Å². The molecule has 0 aromatic heterocycles. The van der Waals surface area contributed by atoms with Crippen LogP contribution in [0.5, 0.6) is 0 Å². The molecule has 0 bridgehead atoms. The van der Waals surface area contributed by atoms with Crippen LogP contribution in [0.3, 0.4) is 0 Å². The number of aliphatic hydroxyl groups is 2. The lowest BCUT2D eigenvalue weighted by Gasteiger charge is -2.09. The van der Waals surface area contributed by atoms with E-state index in [4.69, 9.17) is 19.7 Å². The van der Waals surface area contributed by atoms with Gasteiger partial charge in [0.25, 0.3) is 0 Å². The molecule has 0 atom stereocenters. The minimum atomic E-state index is -0.125. The Balaban J connectivity index is -0.000000166. The zero-order chi connectivity index (χ0) is 13.4. The highest BCUT2D eigenvalue weighted by Gasteiger charge is 1.94. The van der Waals surface area contributed by atoms with Crippen molar-refractivity contribution in [1.82, 2.24) is 0 Å². The second-order valence-electron chi connectivity index (χ2n) is 3.46. The third kappa shape index (κ3) is 48.8. The summed E-state index contributed by atoms with van der Waals surface area (Å²) in [5, 5.41) is 15.2. The fraction of sp³-hybridized carbons (Fsp3) is 1.00. The Kier molecular flexibility index (Phi) is 26.8. The maximum absolute atomic E-state index is 7.62. The minimum absolute atomic E-state index is 0.125. The number of hydrogen-bond acceptors (Lipinski definition) is 4. The van der Waals surface area contributed by atoms with Gasteiger partial charge in [0.1, 0.15) is 0 Å². The van der Waals surface area contributed by atoms with Crippen molar-refractivity contribution >= 4 is 0 Å². The van der Waals surface area contributed by atoms with Crippen LogP contribution in [-0.4, -0.2) is 48.8 Å². The Labute approximate surface area is 101 Å². The molecule has 4 heteroatoms. The van der Waals surface area contributed by atoms with E-state index in [1.165, 1.54) is 0 Å². The predicted octanol–water partition coefficient (Wildman–Crippen LogP) is 1.83. The van der Waals surface area contributed by atoms with E-state index in [0.717, 1.165) is 13.2 Å². The van der Waals surface area contributed by atoms with Crippen molar-refractivity contribution in [1.29, 1.82) is 0 Å². The molecule has 0 spiro atoms. The molecule has 16 heavy (non-hydrogen) atoms. The van der Waals surface area contributed by atoms with Crippen molar-refractivity contribution in [3.8, 4) is 0 Å². The topological polar surface area (TPSA) is 58.9 Å². The van der Waals surface area contributed by atoms with Gasteiger partial charge in [-0.3, -0.25) is 0 Å². The fourth-order valence-electron chi connectivity index (χ4n) is 0.748. The molecular formula is C12H30O4. The molecule has 0 saturated heterocycles. The zero-order valence-electron chi connectivity index (χ0n) is 11.7. The lowest BCUT2D eigenvalue weighted by molar-refractivity contribution is 0.0300. The summed E-state index contributed by atoms with van der Waals surface area (Å²) in [4.78, 5) is 0. The molecule has 2 N–H and O–H groups in total. The van der Waals surface area contributed by atoms with E-state index >= 15 is 0 Å². The van der Waals surface area contributed by atoms with Crippen LogP contribution in [0, 0.1) is 0 Å². The van der Waals surface area contributed by atoms with Gasteiger partial charge in [0, 0.05) is 13.2 Å². The van der Waals surface area contributed by atoms with Crippen LogP contribution in [0.1, 0.15) is 41.5 Å². The lowest BCUT2D eigenvalue weighted by atomic mass is 10.4. The molecule has 0 aromatic rings. The SMILES string of the molecule is CC(C)OC(C)C.CCOCC.OCCO. The highest BCUT2D eigenvalue weighted by Crippen LogP contribution is 1.93. The van der Waals surface area contributed by atoms with E-state index in [1.807, 2.05) is 41.5 Å². The molecule has 0 fully saturated rings. The molecule has 0 heterocycles. The zero-order valence-corrected chi connectivity index (χ0v) is 11.7. The Morgan fingerprint density at radius 1 is 0.812 bits per heavy atom. The Morgan fingerprint density at radius 2 is 1.12 bits per heavy atom. The third-order valence-corrected chi connectivity index (χ3v) is 1.05. The Hall–Kier alpha value is -0.160. The highest BCUT2D eigenvalue weighted by molar-refractivity contribution is 4.40. The summed E-state index contributed by atoms with van der Waals surface area (Å²) in [6.45, 7) is 13.6. The van der Waals surface area contributed by atoms with Crippen LogP contribution in [0.25, 0.3) is 0 Å². The molecule has 0 aromatic carbocycles. The van der Waals surface area contributed by atoms with Crippen LogP contribution >= 0.6 is 0 Å². The van der Waals surface area contributed by atoms with Crippen molar-refractivity contribution < 1.29 is 19.7 Å². The summed E-state index contributed by atoms with van der Waals surface area (Å²) in [7, 11) is 0. The van der Waals surface area contributed by atoms with Gasteiger partial charge >= 0.3 is 0 Å². The molecule has 4 nitrogen and oxygen atoms in total. The molecule has 102 valence electrons. The van der Waals surface area contributed by atoms with Gasteiger partial charge < -0.3 is 19.7 Å². The van der Waals surface area contributed by atoms with Gasteiger partial charge in [0.15, 0.2) is 0 Å². The monoisotopic (exact) mass is 238 g/mol. The lowest BCUT2D eigenvalue weighted by Crippen LogP contribution is -2.09. The van der Waals surface area contributed by atoms with Crippen molar-refractivity contribution in [2.24, 2.45) is 0 Å². The standard InChI is InChI=1S/C6H14O.C4H10O.C2H6O2/c1-5(2)7-6(3)4;1-3-5-4-2;3-1-2-4/h5-6H,1-4H3;3-4H2,1-2H3;3-4H,1-2H2. The molecular weight excluding hydrogens is 208 g/mol. The average molecular weight is 238 g/mol. The molecule has 0 aliphatic heterocycles. The summed E-state index contributed by atoms with van der Waals surface area (Å²) in [6, 6.07) is 0. The molecule has 0 rings (SSSR count). The normalized spacial score (nSPS) is 9.38. The van der Waals surface area contributed by atoms with Gasteiger partial charge in [-0.05, 0) is 41.5 Å². The van der Waals surface area contributed by atoms with Crippen LogP contribution in [-0.2, 0) is 9.47 Å². The number of rotatable bonds is 5. The largest absolute Gasteiger partial charge is 0.394 e. The second-order valence-corrected chi connectivity index (χ2v) is 3.46. The summed E-state index contributed by atoms with van der Waals surface area (Å²) >= 11 is 0. The predicted molar refractivity (Wildman–Crippen MR) is 67.7 cm³/mol.